The quantitative estimate of drug-likeness (QED) is 0.571. The van der Waals surface area contributed by atoms with Gasteiger partial charge in [0.25, 0.3) is 5.97 Å². The number of urea groups is 1. The van der Waals surface area contributed by atoms with Crippen molar-refractivity contribution in [2.45, 2.75) is 6.92 Å². The smallest absolute Gasteiger partial charge is 0.368 e. The first-order valence-corrected chi connectivity index (χ1v) is 4.05. The van der Waals surface area contributed by atoms with E-state index in [4.69, 9.17) is 15.6 Å². The number of anilines is 1. The molecule has 1 aliphatic rings. The second kappa shape index (κ2) is 4.32. The van der Waals surface area contributed by atoms with E-state index in [0.29, 0.717) is 16.4 Å². The second-order valence-electron chi connectivity index (χ2n) is 2.77. The molecule has 6 heteroatoms. The Labute approximate surface area is 84.8 Å². The summed E-state index contributed by atoms with van der Waals surface area (Å²) in [5.41, 5.74) is 6.06. The molecule has 6 nitrogen and oxygen atoms in total. The number of hydrogen-bond acceptors (Lipinski definition) is 3. The molecule has 0 bridgehead atoms. The number of fused-ring (bicyclic) bond motifs is 1. The largest absolute Gasteiger partial charge is 0.481 e. The molecule has 0 saturated carbocycles. The zero-order valence-electron chi connectivity index (χ0n) is 7.97. The van der Waals surface area contributed by atoms with Crippen LogP contribution in [0.4, 0.5) is 10.5 Å². The molecule has 1 aromatic carbocycles. The number of carboxylic acid groups (broad SMARTS) is 1. The Morgan fingerprint density at radius 1 is 1.33 bits per heavy atom. The van der Waals surface area contributed by atoms with E-state index in [1.165, 1.54) is 0 Å². The molecule has 0 unspecified atom stereocenters. The van der Waals surface area contributed by atoms with Crippen molar-refractivity contribution in [3.8, 4) is 0 Å². The van der Waals surface area contributed by atoms with Crippen LogP contribution in [0.5, 0.6) is 0 Å². The fourth-order valence-electron chi connectivity index (χ4n) is 0.956. The topological polar surface area (TPSA) is 105 Å². The van der Waals surface area contributed by atoms with E-state index in [2.05, 4.69) is 9.98 Å². The molecule has 0 saturated heterocycles. The van der Waals surface area contributed by atoms with E-state index in [0.717, 1.165) is 6.92 Å². The molecule has 2 rings (SSSR count). The maximum Gasteiger partial charge on any atom is 0.368 e. The molecule has 1 aliphatic heterocycles. The molecular weight excluding hydrogens is 198 g/mol. The van der Waals surface area contributed by atoms with Crippen LogP contribution in [-0.4, -0.2) is 17.1 Å². The SMILES string of the molecule is CC(=O)O.Nc1ccc2c(c1)=NC(=O)N=2. The number of nitrogens with two attached hydrogens (primary N) is 1. The summed E-state index contributed by atoms with van der Waals surface area (Å²) in [6, 6.07) is 4.55. The number of aliphatic carboxylic acids is 1. The summed E-state index contributed by atoms with van der Waals surface area (Å²) in [5.74, 6) is -0.833. The van der Waals surface area contributed by atoms with Crippen molar-refractivity contribution < 1.29 is 14.7 Å². The Kier molecular flexibility index (Phi) is 3.12. The average molecular weight is 207 g/mol. The highest BCUT2D eigenvalue weighted by Gasteiger charge is 2.03. The number of rotatable bonds is 0. The summed E-state index contributed by atoms with van der Waals surface area (Å²) in [5, 5.41) is 8.58. The fraction of sp³-hybridized carbons (Fsp3) is 0.111. The molecule has 0 atom stereocenters. The average Bonchev–Trinajstić information content (AvgIpc) is 2.42. The third-order valence-electron chi connectivity index (χ3n) is 1.43. The first-order chi connectivity index (χ1) is 6.99. The van der Waals surface area contributed by atoms with Gasteiger partial charge in [-0.05, 0) is 18.2 Å². The molecule has 0 aromatic heterocycles. The van der Waals surface area contributed by atoms with Gasteiger partial charge in [-0.3, -0.25) is 4.79 Å². The molecule has 2 amide bonds. The second-order valence-corrected chi connectivity index (χ2v) is 2.77. The van der Waals surface area contributed by atoms with Gasteiger partial charge < -0.3 is 10.8 Å². The highest BCUT2D eigenvalue weighted by Crippen LogP contribution is 1.92. The van der Waals surface area contributed by atoms with E-state index in [1.54, 1.807) is 18.2 Å². The molecule has 0 fully saturated rings. The van der Waals surface area contributed by atoms with Crippen molar-refractivity contribution in [1.29, 1.82) is 0 Å². The number of carbonyl (C=O) groups is 2. The van der Waals surface area contributed by atoms with Crippen molar-refractivity contribution in [2.75, 3.05) is 5.73 Å². The summed E-state index contributed by atoms with van der Waals surface area (Å²) in [6.45, 7) is 1.08. The van der Waals surface area contributed by atoms with Crippen LogP contribution in [-0.2, 0) is 4.79 Å². The normalized spacial score (nSPS) is 11.7. The van der Waals surface area contributed by atoms with E-state index < -0.39 is 12.0 Å². The molecule has 15 heavy (non-hydrogen) atoms. The summed E-state index contributed by atoms with van der Waals surface area (Å²) < 4.78 is 0. The maximum absolute atomic E-state index is 10.6. The predicted molar refractivity (Wildman–Crippen MR) is 51.9 cm³/mol. The molecule has 3 N–H and O–H groups in total. The molecule has 0 spiro atoms. The Morgan fingerprint density at radius 2 is 1.87 bits per heavy atom. The first kappa shape index (κ1) is 10.8. The van der Waals surface area contributed by atoms with E-state index in [1.807, 2.05) is 0 Å². The van der Waals surface area contributed by atoms with Gasteiger partial charge in [-0.15, -0.1) is 0 Å². The molecule has 0 aliphatic carbocycles. The Hall–Kier alpha value is -2.24. The van der Waals surface area contributed by atoms with Crippen LogP contribution in [0.2, 0.25) is 0 Å². The van der Waals surface area contributed by atoms with Gasteiger partial charge in [-0.2, -0.15) is 9.98 Å². The lowest BCUT2D eigenvalue weighted by atomic mass is 10.3. The minimum absolute atomic E-state index is 0.453. The standard InChI is InChI=1S/C7H5N3O.C2H4O2/c8-4-1-2-5-6(3-4)10-7(11)9-5;1-2(3)4/h1-3H,8H2;1H3,(H,3,4). The number of benzene rings is 1. The zero-order valence-corrected chi connectivity index (χ0v) is 7.97. The van der Waals surface area contributed by atoms with E-state index in [9.17, 15) is 4.79 Å². The molecule has 78 valence electrons. The molecule has 0 radical (unpaired) electrons. The van der Waals surface area contributed by atoms with Gasteiger partial charge in [0.1, 0.15) is 0 Å². The van der Waals surface area contributed by atoms with Gasteiger partial charge >= 0.3 is 6.03 Å². The molecule has 1 aromatic rings. The zero-order chi connectivity index (χ0) is 11.4. The van der Waals surface area contributed by atoms with Crippen molar-refractivity contribution in [3.05, 3.63) is 28.9 Å². The number of hydrogen-bond donors (Lipinski definition) is 2. The van der Waals surface area contributed by atoms with Crippen LogP contribution in [0.15, 0.2) is 28.2 Å². The third-order valence-corrected chi connectivity index (χ3v) is 1.43. The highest BCUT2D eigenvalue weighted by molar-refractivity contribution is 5.77. The van der Waals surface area contributed by atoms with Crippen LogP contribution < -0.4 is 16.4 Å². The minimum atomic E-state index is -0.833. The monoisotopic (exact) mass is 207 g/mol. The number of carboxylic acids is 1. The maximum atomic E-state index is 10.6. The Balaban J connectivity index is 0.000000245. The van der Waals surface area contributed by atoms with E-state index in [-0.39, 0.29) is 0 Å². The lowest BCUT2D eigenvalue weighted by Crippen LogP contribution is -2.21. The van der Waals surface area contributed by atoms with Gasteiger partial charge in [0.15, 0.2) is 0 Å². The number of nitrogens with zero attached hydrogens (tertiary/aromatic N) is 2. The van der Waals surface area contributed by atoms with Crippen LogP contribution in [0.1, 0.15) is 6.92 Å². The van der Waals surface area contributed by atoms with Gasteiger partial charge in [-0.25, -0.2) is 4.79 Å². The lowest BCUT2D eigenvalue weighted by molar-refractivity contribution is -0.134. The van der Waals surface area contributed by atoms with Crippen molar-refractivity contribution >= 4 is 17.7 Å². The number of amides is 2. The van der Waals surface area contributed by atoms with Crippen LogP contribution in [0.25, 0.3) is 0 Å². The first-order valence-electron chi connectivity index (χ1n) is 4.05. The van der Waals surface area contributed by atoms with Gasteiger partial charge in [-0.1, -0.05) is 0 Å². The minimum Gasteiger partial charge on any atom is -0.481 e. The highest BCUT2D eigenvalue weighted by atomic mass is 16.4. The number of nitrogen functional groups attached to an aromatic ring is 1. The summed E-state index contributed by atoms with van der Waals surface area (Å²) in [7, 11) is 0. The summed E-state index contributed by atoms with van der Waals surface area (Å²) >= 11 is 0. The van der Waals surface area contributed by atoms with Crippen LogP contribution in [0, 0.1) is 0 Å². The predicted octanol–water partition coefficient (Wildman–Crippen LogP) is -0.267. The van der Waals surface area contributed by atoms with Gasteiger partial charge in [0.2, 0.25) is 0 Å². The summed E-state index contributed by atoms with van der Waals surface area (Å²) in [4.78, 5) is 26.9. The lowest BCUT2D eigenvalue weighted by Gasteiger charge is -1.85. The van der Waals surface area contributed by atoms with Gasteiger partial charge in [0.05, 0.1) is 10.7 Å². The Bertz CT molecular complexity index is 518. The van der Waals surface area contributed by atoms with Crippen molar-refractivity contribution in [1.82, 2.24) is 0 Å². The fourth-order valence-corrected chi connectivity index (χ4v) is 0.956. The summed E-state index contributed by atoms with van der Waals surface area (Å²) in [6.07, 6.45) is 0. The third kappa shape index (κ3) is 3.18. The van der Waals surface area contributed by atoms with Crippen molar-refractivity contribution in [2.24, 2.45) is 9.98 Å². The van der Waals surface area contributed by atoms with Crippen LogP contribution >= 0.6 is 0 Å². The molecule has 1 heterocycles. The number of carbonyl (C=O) groups excluding carboxylic acids is 1. The van der Waals surface area contributed by atoms with E-state index >= 15 is 0 Å². The van der Waals surface area contributed by atoms with Crippen LogP contribution in [0.3, 0.4) is 0 Å². The molecular formula is C9H9N3O3. The Morgan fingerprint density at radius 3 is 2.47 bits per heavy atom. The van der Waals surface area contributed by atoms with Crippen molar-refractivity contribution in [3.63, 3.8) is 0 Å². The van der Waals surface area contributed by atoms with Gasteiger partial charge in [0, 0.05) is 12.6 Å².